The predicted molar refractivity (Wildman–Crippen MR) is 89.7 cm³/mol. The Hall–Kier alpha value is -1.86. The predicted octanol–water partition coefficient (Wildman–Crippen LogP) is 2.63. The second-order valence-corrected chi connectivity index (χ2v) is 7.07. The fourth-order valence-corrected chi connectivity index (χ4v) is 4.06. The van der Waals surface area contributed by atoms with E-state index < -0.39 is 0 Å². The maximum atomic E-state index is 13.1. The quantitative estimate of drug-likeness (QED) is 0.902. The molecule has 0 bridgehead atoms. The van der Waals surface area contributed by atoms with Crippen molar-refractivity contribution in [1.82, 2.24) is 10.2 Å². The van der Waals surface area contributed by atoms with Gasteiger partial charge in [0.05, 0.1) is 17.7 Å². The molecule has 0 saturated carbocycles. The molecule has 0 radical (unpaired) electrons. The van der Waals surface area contributed by atoms with Crippen LogP contribution in [-0.4, -0.2) is 34.9 Å². The molecule has 2 heterocycles. The molecule has 1 aromatic heterocycles. The first-order valence-electron chi connectivity index (χ1n) is 7.07. The molecule has 2 amide bonds. The Morgan fingerprint density at radius 1 is 1.30 bits per heavy atom. The fraction of sp³-hybridized carbons (Fsp3) is 0.250. The minimum Gasteiger partial charge on any atom is -0.343 e. The number of thioether (sulfide) groups is 1. The lowest BCUT2D eigenvalue weighted by atomic mass is 10.1. The molecule has 1 fully saturated rings. The van der Waals surface area contributed by atoms with Crippen molar-refractivity contribution >= 4 is 34.9 Å². The molecule has 1 aromatic carbocycles. The van der Waals surface area contributed by atoms with Gasteiger partial charge in [-0.25, -0.2) is 4.39 Å². The Morgan fingerprint density at radius 3 is 2.70 bits per heavy atom. The second kappa shape index (κ2) is 7.14. The topological polar surface area (TPSA) is 49.4 Å². The number of hydrogen-bond donors (Lipinski definition) is 1. The number of rotatable bonds is 5. The fourth-order valence-electron chi connectivity index (χ4n) is 2.35. The van der Waals surface area contributed by atoms with Gasteiger partial charge in [0.2, 0.25) is 11.8 Å². The zero-order valence-corrected chi connectivity index (χ0v) is 13.8. The lowest BCUT2D eigenvalue weighted by Gasteiger charge is -2.20. The van der Waals surface area contributed by atoms with Crippen LogP contribution in [0.3, 0.4) is 0 Å². The minimum atomic E-state index is -0.339. The molecule has 4 nitrogen and oxygen atoms in total. The Labute approximate surface area is 141 Å². The van der Waals surface area contributed by atoms with E-state index in [1.807, 2.05) is 17.5 Å². The third-order valence-electron chi connectivity index (χ3n) is 3.50. The number of halogens is 1. The molecule has 3 rings (SSSR count). The van der Waals surface area contributed by atoms with E-state index >= 15 is 0 Å². The number of nitrogens with zero attached hydrogens (tertiary/aromatic N) is 1. The molecule has 1 N–H and O–H groups in total. The molecule has 0 aliphatic carbocycles. The molecule has 0 spiro atoms. The van der Waals surface area contributed by atoms with E-state index in [-0.39, 0.29) is 30.2 Å². The van der Waals surface area contributed by atoms with Crippen LogP contribution >= 0.6 is 23.1 Å². The SMILES string of the molecule is O=C(CN1CSCC1=O)NC(c1ccc(F)cc1)c1cccs1. The van der Waals surface area contributed by atoms with Crippen LogP contribution in [0.4, 0.5) is 4.39 Å². The summed E-state index contributed by atoms with van der Waals surface area (Å²) in [6, 6.07) is 9.58. The van der Waals surface area contributed by atoms with Crippen molar-refractivity contribution < 1.29 is 14.0 Å². The van der Waals surface area contributed by atoms with Crippen LogP contribution in [0.5, 0.6) is 0 Å². The van der Waals surface area contributed by atoms with Gasteiger partial charge in [-0.1, -0.05) is 18.2 Å². The normalized spacial score (nSPS) is 15.7. The van der Waals surface area contributed by atoms with Gasteiger partial charge in [0.25, 0.3) is 0 Å². The van der Waals surface area contributed by atoms with E-state index in [0.717, 1.165) is 10.4 Å². The van der Waals surface area contributed by atoms with Gasteiger partial charge in [-0.05, 0) is 29.1 Å². The number of amides is 2. The molecule has 7 heteroatoms. The van der Waals surface area contributed by atoms with Crippen molar-refractivity contribution in [1.29, 1.82) is 0 Å². The second-order valence-electron chi connectivity index (χ2n) is 5.14. The van der Waals surface area contributed by atoms with Crippen LogP contribution in [0.25, 0.3) is 0 Å². The standard InChI is InChI=1S/C16H15FN2O2S2/c17-12-5-3-11(4-6-12)16(13-2-1-7-23-13)18-14(20)8-19-10-22-9-15(19)21/h1-7,16H,8-10H2,(H,18,20). The third kappa shape index (κ3) is 3.92. The van der Waals surface area contributed by atoms with Crippen LogP contribution in [0.1, 0.15) is 16.5 Å². The lowest BCUT2D eigenvalue weighted by Crippen LogP contribution is -2.39. The molecule has 120 valence electrons. The van der Waals surface area contributed by atoms with E-state index in [0.29, 0.717) is 11.6 Å². The zero-order valence-electron chi connectivity index (χ0n) is 12.2. The first-order valence-corrected chi connectivity index (χ1v) is 9.10. The summed E-state index contributed by atoms with van der Waals surface area (Å²) < 4.78 is 13.1. The summed E-state index contributed by atoms with van der Waals surface area (Å²) in [6.45, 7) is 0.0505. The molecule has 2 aromatic rings. The molecule has 1 saturated heterocycles. The Morgan fingerprint density at radius 2 is 2.09 bits per heavy atom. The average molecular weight is 350 g/mol. The molecule has 1 aliphatic heterocycles. The Kier molecular flexibility index (Phi) is 4.97. The highest BCUT2D eigenvalue weighted by molar-refractivity contribution is 8.00. The average Bonchev–Trinajstić information content (AvgIpc) is 3.19. The van der Waals surface area contributed by atoms with Gasteiger partial charge in [-0.15, -0.1) is 23.1 Å². The third-order valence-corrected chi connectivity index (χ3v) is 5.38. The van der Waals surface area contributed by atoms with Crippen LogP contribution < -0.4 is 5.32 Å². The molecule has 1 unspecified atom stereocenters. The Balaban J connectivity index is 1.75. The van der Waals surface area contributed by atoms with Crippen LogP contribution in [0, 0.1) is 5.82 Å². The Bertz CT molecular complexity index is 689. The van der Waals surface area contributed by atoms with Crippen LogP contribution in [0.2, 0.25) is 0 Å². The van der Waals surface area contributed by atoms with Crippen molar-refractivity contribution in [2.45, 2.75) is 6.04 Å². The van der Waals surface area contributed by atoms with Gasteiger partial charge in [0.1, 0.15) is 12.4 Å². The summed E-state index contributed by atoms with van der Waals surface area (Å²) in [4.78, 5) is 26.4. The summed E-state index contributed by atoms with van der Waals surface area (Å²) in [5.41, 5.74) is 0.810. The number of carbonyl (C=O) groups excluding carboxylic acids is 2. The van der Waals surface area contributed by atoms with E-state index in [9.17, 15) is 14.0 Å². The van der Waals surface area contributed by atoms with Crippen molar-refractivity contribution in [2.75, 3.05) is 18.2 Å². The van der Waals surface area contributed by atoms with E-state index in [1.165, 1.54) is 40.1 Å². The number of thiophene rings is 1. The number of hydrogen-bond acceptors (Lipinski definition) is 4. The highest BCUT2D eigenvalue weighted by Gasteiger charge is 2.25. The first kappa shape index (κ1) is 16.0. The molecule has 23 heavy (non-hydrogen) atoms. The van der Waals surface area contributed by atoms with Gasteiger partial charge in [-0.2, -0.15) is 0 Å². The number of nitrogens with one attached hydrogen (secondary N) is 1. The summed E-state index contributed by atoms with van der Waals surface area (Å²) in [6.07, 6.45) is 0. The van der Waals surface area contributed by atoms with Gasteiger partial charge < -0.3 is 10.2 Å². The molecule has 1 atom stereocenters. The van der Waals surface area contributed by atoms with Crippen molar-refractivity contribution in [2.24, 2.45) is 0 Å². The van der Waals surface area contributed by atoms with Gasteiger partial charge in [0, 0.05) is 4.88 Å². The van der Waals surface area contributed by atoms with Gasteiger partial charge in [-0.3, -0.25) is 9.59 Å². The monoisotopic (exact) mass is 350 g/mol. The highest BCUT2D eigenvalue weighted by atomic mass is 32.2. The maximum Gasteiger partial charge on any atom is 0.240 e. The van der Waals surface area contributed by atoms with Gasteiger partial charge in [0.15, 0.2) is 0 Å². The largest absolute Gasteiger partial charge is 0.343 e. The number of benzene rings is 1. The summed E-state index contributed by atoms with van der Waals surface area (Å²) in [5.74, 6) is 0.430. The molecular weight excluding hydrogens is 335 g/mol. The lowest BCUT2D eigenvalue weighted by molar-refractivity contribution is -0.132. The highest BCUT2D eigenvalue weighted by Crippen LogP contribution is 2.26. The number of carbonyl (C=O) groups is 2. The summed E-state index contributed by atoms with van der Waals surface area (Å²) >= 11 is 3.03. The van der Waals surface area contributed by atoms with Crippen LogP contribution in [-0.2, 0) is 9.59 Å². The molecular formula is C16H15FN2O2S2. The maximum absolute atomic E-state index is 13.1. The molecule has 1 aliphatic rings. The summed E-state index contributed by atoms with van der Waals surface area (Å²) in [5, 5.41) is 4.88. The van der Waals surface area contributed by atoms with E-state index in [2.05, 4.69) is 5.32 Å². The first-order chi connectivity index (χ1) is 11.1. The van der Waals surface area contributed by atoms with Crippen molar-refractivity contribution in [3.8, 4) is 0 Å². The van der Waals surface area contributed by atoms with Gasteiger partial charge >= 0.3 is 0 Å². The van der Waals surface area contributed by atoms with Crippen molar-refractivity contribution in [3.05, 3.63) is 58.0 Å². The van der Waals surface area contributed by atoms with Crippen molar-refractivity contribution in [3.63, 3.8) is 0 Å². The zero-order chi connectivity index (χ0) is 16.2. The minimum absolute atomic E-state index is 0.0143. The summed E-state index contributed by atoms with van der Waals surface area (Å²) in [7, 11) is 0. The van der Waals surface area contributed by atoms with Crippen LogP contribution in [0.15, 0.2) is 41.8 Å². The van der Waals surface area contributed by atoms with E-state index in [1.54, 1.807) is 12.1 Å². The smallest absolute Gasteiger partial charge is 0.240 e. The van der Waals surface area contributed by atoms with E-state index in [4.69, 9.17) is 0 Å².